The summed E-state index contributed by atoms with van der Waals surface area (Å²) in [5, 5.41) is 10.2. The third-order valence-corrected chi connectivity index (χ3v) is 3.49. The van der Waals surface area contributed by atoms with E-state index >= 15 is 0 Å². The molecule has 1 heterocycles. The van der Waals surface area contributed by atoms with Crippen LogP contribution in [-0.2, 0) is 6.42 Å². The molecule has 0 aliphatic carbocycles. The first-order chi connectivity index (χ1) is 8.58. The SMILES string of the molecule is CC(C)Cc1ccc(C(O)c2occc2Br)cc1. The molecule has 96 valence electrons. The van der Waals surface area contributed by atoms with Gasteiger partial charge in [-0.15, -0.1) is 0 Å². The van der Waals surface area contributed by atoms with Crippen molar-refractivity contribution in [2.45, 2.75) is 26.4 Å². The van der Waals surface area contributed by atoms with Crippen LogP contribution in [0.25, 0.3) is 0 Å². The molecule has 0 radical (unpaired) electrons. The Bertz CT molecular complexity index is 499. The van der Waals surface area contributed by atoms with Crippen molar-refractivity contribution in [3.63, 3.8) is 0 Å². The highest BCUT2D eigenvalue weighted by Crippen LogP contribution is 2.29. The van der Waals surface area contributed by atoms with Gasteiger partial charge in [0.2, 0.25) is 0 Å². The van der Waals surface area contributed by atoms with E-state index < -0.39 is 6.10 Å². The van der Waals surface area contributed by atoms with Crippen molar-refractivity contribution in [1.82, 2.24) is 0 Å². The average Bonchev–Trinajstić information content (AvgIpc) is 2.75. The summed E-state index contributed by atoms with van der Waals surface area (Å²) in [6.07, 6.45) is 1.90. The van der Waals surface area contributed by atoms with Crippen LogP contribution in [0.3, 0.4) is 0 Å². The Morgan fingerprint density at radius 1 is 1.17 bits per heavy atom. The van der Waals surface area contributed by atoms with Gasteiger partial charge in [-0.25, -0.2) is 0 Å². The standard InChI is InChI=1S/C15H17BrO2/c1-10(2)9-11-3-5-12(6-4-11)14(17)15-13(16)7-8-18-15/h3-8,10,14,17H,9H2,1-2H3. The van der Waals surface area contributed by atoms with Crippen LogP contribution in [-0.4, -0.2) is 5.11 Å². The van der Waals surface area contributed by atoms with Crippen molar-refractivity contribution >= 4 is 15.9 Å². The van der Waals surface area contributed by atoms with Crippen LogP contribution in [0.1, 0.15) is 36.8 Å². The van der Waals surface area contributed by atoms with Gasteiger partial charge in [0.1, 0.15) is 6.10 Å². The van der Waals surface area contributed by atoms with E-state index in [2.05, 4.69) is 41.9 Å². The molecule has 2 aromatic rings. The van der Waals surface area contributed by atoms with E-state index in [0.717, 1.165) is 16.5 Å². The van der Waals surface area contributed by atoms with Gasteiger partial charge in [-0.1, -0.05) is 38.1 Å². The number of furan rings is 1. The third kappa shape index (κ3) is 3.03. The highest BCUT2D eigenvalue weighted by Gasteiger charge is 2.16. The molecule has 3 heteroatoms. The molecule has 2 rings (SSSR count). The van der Waals surface area contributed by atoms with Gasteiger partial charge in [0.15, 0.2) is 5.76 Å². The molecule has 1 unspecified atom stereocenters. The molecule has 1 N–H and O–H groups in total. The summed E-state index contributed by atoms with van der Waals surface area (Å²) < 4.78 is 6.07. The van der Waals surface area contributed by atoms with Crippen molar-refractivity contribution in [3.05, 3.63) is 58.0 Å². The largest absolute Gasteiger partial charge is 0.465 e. The summed E-state index contributed by atoms with van der Waals surface area (Å²) in [5.74, 6) is 1.19. The second kappa shape index (κ2) is 5.72. The molecule has 0 saturated carbocycles. The summed E-state index contributed by atoms with van der Waals surface area (Å²) in [5.41, 5.74) is 2.14. The van der Waals surface area contributed by atoms with Crippen LogP contribution < -0.4 is 0 Å². The Balaban J connectivity index is 2.17. The monoisotopic (exact) mass is 308 g/mol. The molecule has 0 aliphatic heterocycles. The van der Waals surface area contributed by atoms with Gasteiger partial charge in [-0.05, 0) is 45.5 Å². The Labute approximate surface area is 116 Å². The summed E-state index contributed by atoms with van der Waals surface area (Å²) in [6, 6.07) is 9.82. The van der Waals surface area contributed by atoms with Gasteiger partial charge < -0.3 is 9.52 Å². The van der Waals surface area contributed by atoms with E-state index in [1.165, 1.54) is 5.56 Å². The van der Waals surface area contributed by atoms with E-state index in [4.69, 9.17) is 4.42 Å². The fourth-order valence-corrected chi connectivity index (χ4v) is 2.38. The van der Waals surface area contributed by atoms with Crippen LogP contribution in [0.2, 0.25) is 0 Å². The molecule has 18 heavy (non-hydrogen) atoms. The Morgan fingerprint density at radius 3 is 2.33 bits per heavy atom. The van der Waals surface area contributed by atoms with Crippen molar-refractivity contribution in [1.29, 1.82) is 0 Å². The minimum absolute atomic E-state index is 0.548. The highest BCUT2D eigenvalue weighted by molar-refractivity contribution is 9.10. The van der Waals surface area contributed by atoms with Gasteiger partial charge in [0.25, 0.3) is 0 Å². The normalized spacial score (nSPS) is 12.9. The smallest absolute Gasteiger partial charge is 0.150 e. The topological polar surface area (TPSA) is 33.4 Å². The van der Waals surface area contributed by atoms with Crippen LogP contribution in [0.15, 0.2) is 45.5 Å². The molecule has 1 atom stereocenters. The maximum absolute atomic E-state index is 10.2. The maximum atomic E-state index is 10.2. The van der Waals surface area contributed by atoms with Gasteiger partial charge in [-0.3, -0.25) is 0 Å². The second-order valence-corrected chi connectivity index (χ2v) is 5.73. The van der Waals surface area contributed by atoms with Crippen molar-refractivity contribution in [2.75, 3.05) is 0 Å². The van der Waals surface area contributed by atoms with Crippen molar-refractivity contribution in [2.24, 2.45) is 5.92 Å². The van der Waals surface area contributed by atoms with E-state index in [9.17, 15) is 5.11 Å². The lowest BCUT2D eigenvalue weighted by Gasteiger charge is -2.10. The van der Waals surface area contributed by atoms with Crippen LogP contribution >= 0.6 is 15.9 Å². The summed E-state index contributed by atoms with van der Waals surface area (Å²) in [6.45, 7) is 4.39. The Kier molecular flexibility index (Phi) is 4.25. The molecule has 0 amide bonds. The quantitative estimate of drug-likeness (QED) is 0.912. The first-order valence-corrected chi connectivity index (χ1v) is 6.87. The van der Waals surface area contributed by atoms with Gasteiger partial charge in [-0.2, -0.15) is 0 Å². The Morgan fingerprint density at radius 2 is 1.83 bits per heavy atom. The summed E-state index contributed by atoms with van der Waals surface area (Å²) in [7, 11) is 0. The zero-order valence-electron chi connectivity index (χ0n) is 10.6. The lowest BCUT2D eigenvalue weighted by molar-refractivity contribution is 0.188. The lowest BCUT2D eigenvalue weighted by atomic mass is 10.00. The first-order valence-electron chi connectivity index (χ1n) is 6.07. The number of aliphatic hydroxyl groups is 1. The minimum atomic E-state index is -0.720. The zero-order chi connectivity index (χ0) is 13.1. The average molecular weight is 309 g/mol. The molecule has 0 bridgehead atoms. The number of benzene rings is 1. The van der Waals surface area contributed by atoms with Crippen molar-refractivity contribution in [3.8, 4) is 0 Å². The predicted octanol–water partition coefficient (Wildman–Crippen LogP) is 4.32. The van der Waals surface area contributed by atoms with Crippen molar-refractivity contribution < 1.29 is 9.52 Å². The Hall–Kier alpha value is -1.06. The molecule has 1 aromatic heterocycles. The number of hydrogen-bond donors (Lipinski definition) is 1. The van der Waals surface area contributed by atoms with Gasteiger partial charge >= 0.3 is 0 Å². The zero-order valence-corrected chi connectivity index (χ0v) is 12.1. The van der Waals surface area contributed by atoms with Crippen LogP contribution in [0.5, 0.6) is 0 Å². The summed E-state index contributed by atoms with van der Waals surface area (Å²) >= 11 is 3.36. The van der Waals surface area contributed by atoms with Gasteiger partial charge in [0.05, 0.1) is 10.7 Å². The molecule has 0 spiro atoms. The van der Waals surface area contributed by atoms with E-state index in [1.54, 1.807) is 12.3 Å². The number of hydrogen-bond acceptors (Lipinski definition) is 2. The van der Waals surface area contributed by atoms with E-state index in [0.29, 0.717) is 11.7 Å². The molecule has 2 nitrogen and oxygen atoms in total. The fourth-order valence-electron chi connectivity index (χ4n) is 1.96. The van der Waals surface area contributed by atoms with E-state index in [1.807, 2.05) is 12.1 Å². The third-order valence-electron chi connectivity index (χ3n) is 2.83. The number of aliphatic hydroxyl groups excluding tert-OH is 1. The van der Waals surface area contributed by atoms with Crippen LogP contribution in [0, 0.1) is 5.92 Å². The molecular weight excluding hydrogens is 292 g/mol. The molecule has 0 saturated heterocycles. The lowest BCUT2D eigenvalue weighted by Crippen LogP contribution is -2.00. The van der Waals surface area contributed by atoms with E-state index in [-0.39, 0.29) is 0 Å². The van der Waals surface area contributed by atoms with Gasteiger partial charge in [0, 0.05) is 0 Å². The van der Waals surface area contributed by atoms with Crippen LogP contribution in [0.4, 0.5) is 0 Å². The maximum Gasteiger partial charge on any atom is 0.150 e. The first kappa shape index (κ1) is 13.4. The predicted molar refractivity (Wildman–Crippen MR) is 75.5 cm³/mol. The molecule has 0 aliphatic rings. The fraction of sp³-hybridized carbons (Fsp3) is 0.333. The summed E-state index contributed by atoms with van der Waals surface area (Å²) in [4.78, 5) is 0. The number of rotatable bonds is 4. The number of halogens is 1. The highest BCUT2D eigenvalue weighted by atomic mass is 79.9. The molecule has 0 fully saturated rings. The minimum Gasteiger partial charge on any atom is -0.465 e. The molecule has 1 aromatic carbocycles. The molecular formula is C15H17BrO2. The second-order valence-electron chi connectivity index (χ2n) is 4.87.